The number of amides is 1. The lowest BCUT2D eigenvalue weighted by atomic mass is 10.2. The maximum Gasteiger partial charge on any atom is 0.262 e. The topological polar surface area (TPSA) is 70.6 Å². The van der Waals surface area contributed by atoms with Gasteiger partial charge in [-0.1, -0.05) is 34.1 Å². The summed E-state index contributed by atoms with van der Waals surface area (Å²) in [6.07, 6.45) is 1.72. The largest absolute Gasteiger partial charge is 0.483 e. The van der Waals surface area contributed by atoms with Gasteiger partial charge in [0.15, 0.2) is 6.61 Å². The molecular formula is C19H23BrN2O3. The minimum absolute atomic E-state index is 0.0441. The summed E-state index contributed by atoms with van der Waals surface area (Å²) >= 11 is 3.36. The average molecular weight is 407 g/mol. The summed E-state index contributed by atoms with van der Waals surface area (Å²) in [6.45, 7) is 1.67. The molecule has 0 spiro atoms. The number of benzene rings is 2. The molecule has 0 unspecified atom stereocenters. The van der Waals surface area contributed by atoms with Crippen LogP contribution in [0.3, 0.4) is 0 Å². The van der Waals surface area contributed by atoms with Crippen LogP contribution in [0.4, 0.5) is 5.69 Å². The van der Waals surface area contributed by atoms with Crippen molar-refractivity contribution in [3.8, 4) is 5.75 Å². The lowest BCUT2D eigenvalue weighted by molar-refractivity contribution is -0.118. The highest BCUT2D eigenvalue weighted by Crippen LogP contribution is 2.18. The molecule has 25 heavy (non-hydrogen) atoms. The van der Waals surface area contributed by atoms with E-state index in [2.05, 4.69) is 26.6 Å². The van der Waals surface area contributed by atoms with Crippen LogP contribution in [0, 0.1) is 0 Å². The van der Waals surface area contributed by atoms with E-state index >= 15 is 0 Å². The van der Waals surface area contributed by atoms with Crippen LogP contribution >= 0.6 is 15.9 Å². The van der Waals surface area contributed by atoms with Crippen LogP contribution < -0.4 is 15.4 Å². The van der Waals surface area contributed by atoms with Gasteiger partial charge < -0.3 is 20.5 Å². The Morgan fingerprint density at radius 1 is 1.08 bits per heavy atom. The van der Waals surface area contributed by atoms with Crippen LogP contribution in [-0.2, 0) is 11.3 Å². The van der Waals surface area contributed by atoms with Gasteiger partial charge in [0.05, 0.1) is 0 Å². The van der Waals surface area contributed by atoms with Gasteiger partial charge >= 0.3 is 0 Å². The van der Waals surface area contributed by atoms with Crippen LogP contribution in [0.1, 0.15) is 18.4 Å². The normalized spacial score (nSPS) is 10.5. The van der Waals surface area contributed by atoms with Crippen molar-refractivity contribution < 1.29 is 14.6 Å². The molecule has 3 N–H and O–H groups in total. The highest BCUT2D eigenvalue weighted by atomic mass is 79.9. The smallest absolute Gasteiger partial charge is 0.262 e. The molecular weight excluding hydrogens is 384 g/mol. The molecule has 0 aliphatic carbocycles. The molecule has 134 valence electrons. The number of halogens is 1. The molecule has 0 saturated heterocycles. The van der Waals surface area contributed by atoms with Crippen molar-refractivity contribution in [3.63, 3.8) is 0 Å². The van der Waals surface area contributed by atoms with E-state index in [-0.39, 0.29) is 19.1 Å². The number of aliphatic hydroxyl groups is 1. The fourth-order valence-corrected chi connectivity index (χ4v) is 2.51. The third-order valence-electron chi connectivity index (χ3n) is 3.54. The summed E-state index contributed by atoms with van der Waals surface area (Å²) in [5.41, 5.74) is 1.73. The number of aliphatic hydroxyl groups excluding tert-OH is 1. The average Bonchev–Trinajstić information content (AvgIpc) is 2.62. The SMILES string of the molecule is O=C(COc1ccccc1CNCCCCO)Nc1ccc(Br)cc1. The van der Waals surface area contributed by atoms with Gasteiger partial charge in [0.2, 0.25) is 0 Å². The second-order valence-electron chi connectivity index (χ2n) is 5.56. The van der Waals surface area contributed by atoms with Gasteiger partial charge in [0.25, 0.3) is 5.91 Å². The third kappa shape index (κ3) is 7.25. The Hall–Kier alpha value is -1.89. The highest BCUT2D eigenvalue weighted by molar-refractivity contribution is 9.10. The quantitative estimate of drug-likeness (QED) is 0.529. The number of hydrogen-bond acceptors (Lipinski definition) is 4. The Morgan fingerprint density at radius 3 is 2.60 bits per heavy atom. The molecule has 2 aromatic rings. The summed E-state index contributed by atoms with van der Waals surface area (Å²) < 4.78 is 6.63. The zero-order valence-corrected chi connectivity index (χ0v) is 15.6. The van der Waals surface area contributed by atoms with E-state index in [0.717, 1.165) is 35.1 Å². The number of ether oxygens (including phenoxy) is 1. The maximum atomic E-state index is 12.0. The standard InChI is InChI=1S/C19H23BrN2O3/c20-16-7-9-17(10-8-16)22-19(24)14-25-18-6-2-1-5-15(18)13-21-11-3-4-12-23/h1-2,5-10,21,23H,3-4,11-14H2,(H,22,24). The number of anilines is 1. The zero-order valence-electron chi connectivity index (χ0n) is 14.0. The zero-order chi connectivity index (χ0) is 17.9. The molecule has 6 heteroatoms. The molecule has 0 heterocycles. The highest BCUT2D eigenvalue weighted by Gasteiger charge is 2.07. The van der Waals surface area contributed by atoms with Gasteiger partial charge in [-0.3, -0.25) is 4.79 Å². The number of hydrogen-bond donors (Lipinski definition) is 3. The Balaban J connectivity index is 1.81. The molecule has 2 aromatic carbocycles. The lowest BCUT2D eigenvalue weighted by Crippen LogP contribution is -2.21. The number of para-hydroxylation sites is 1. The molecule has 0 aliphatic rings. The van der Waals surface area contributed by atoms with Gasteiger partial charge in [-0.2, -0.15) is 0 Å². The van der Waals surface area contributed by atoms with Crippen molar-refractivity contribution in [3.05, 3.63) is 58.6 Å². The Kier molecular flexibility index (Phi) is 8.45. The fourth-order valence-electron chi connectivity index (χ4n) is 2.25. The molecule has 0 aromatic heterocycles. The molecule has 0 fully saturated rings. The van der Waals surface area contributed by atoms with E-state index in [1.54, 1.807) is 0 Å². The first-order valence-electron chi connectivity index (χ1n) is 8.27. The second kappa shape index (κ2) is 10.9. The maximum absolute atomic E-state index is 12.0. The molecule has 2 rings (SSSR count). The van der Waals surface area contributed by atoms with Crippen molar-refractivity contribution in [2.45, 2.75) is 19.4 Å². The van der Waals surface area contributed by atoms with Crippen LogP contribution in [0.15, 0.2) is 53.0 Å². The lowest BCUT2D eigenvalue weighted by Gasteiger charge is -2.12. The first-order chi connectivity index (χ1) is 12.2. The van der Waals surface area contributed by atoms with E-state index in [0.29, 0.717) is 12.3 Å². The third-order valence-corrected chi connectivity index (χ3v) is 4.07. The molecule has 0 radical (unpaired) electrons. The second-order valence-corrected chi connectivity index (χ2v) is 6.47. The van der Waals surface area contributed by atoms with Crippen LogP contribution in [0.25, 0.3) is 0 Å². The Bertz CT molecular complexity index is 662. The van der Waals surface area contributed by atoms with E-state index in [4.69, 9.17) is 9.84 Å². The molecule has 0 atom stereocenters. The minimum atomic E-state index is -0.201. The van der Waals surface area contributed by atoms with E-state index in [9.17, 15) is 4.79 Å². The molecule has 0 aliphatic heterocycles. The summed E-state index contributed by atoms with van der Waals surface area (Å²) in [6, 6.07) is 15.1. The number of unbranched alkanes of at least 4 members (excludes halogenated alkanes) is 1. The van der Waals surface area contributed by atoms with E-state index in [1.165, 1.54) is 0 Å². The number of rotatable bonds is 10. The molecule has 0 saturated carbocycles. The van der Waals surface area contributed by atoms with Crippen LogP contribution in [0.2, 0.25) is 0 Å². The van der Waals surface area contributed by atoms with Crippen molar-refractivity contribution in [2.75, 3.05) is 25.1 Å². The monoisotopic (exact) mass is 406 g/mol. The number of carbonyl (C=O) groups is 1. The van der Waals surface area contributed by atoms with Gasteiger partial charge in [-0.15, -0.1) is 0 Å². The first-order valence-corrected chi connectivity index (χ1v) is 9.06. The Labute approximate surface area is 156 Å². The van der Waals surface area contributed by atoms with Crippen molar-refractivity contribution in [2.24, 2.45) is 0 Å². The van der Waals surface area contributed by atoms with E-state index < -0.39 is 0 Å². The van der Waals surface area contributed by atoms with E-state index in [1.807, 2.05) is 48.5 Å². The molecule has 5 nitrogen and oxygen atoms in total. The van der Waals surface area contributed by atoms with Gasteiger partial charge in [0.1, 0.15) is 5.75 Å². The van der Waals surface area contributed by atoms with Crippen LogP contribution in [0.5, 0.6) is 5.75 Å². The van der Waals surface area contributed by atoms with Gasteiger partial charge in [-0.05, 0) is 49.7 Å². The fraction of sp³-hybridized carbons (Fsp3) is 0.316. The summed E-state index contributed by atoms with van der Waals surface area (Å²) in [5, 5.41) is 14.9. The number of nitrogens with one attached hydrogen (secondary N) is 2. The summed E-state index contributed by atoms with van der Waals surface area (Å²) in [4.78, 5) is 12.0. The number of carbonyl (C=O) groups excluding carboxylic acids is 1. The van der Waals surface area contributed by atoms with Crippen molar-refractivity contribution in [1.82, 2.24) is 5.32 Å². The van der Waals surface area contributed by atoms with Crippen molar-refractivity contribution >= 4 is 27.5 Å². The van der Waals surface area contributed by atoms with Gasteiger partial charge in [0, 0.05) is 28.9 Å². The predicted molar refractivity (Wildman–Crippen MR) is 103 cm³/mol. The molecule has 0 bridgehead atoms. The molecule has 1 amide bonds. The Morgan fingerprint density at radius 2 is 1.84 bits per heavy atom. The van der Waals surface area contributed by atoms with Crippen molar-refractivity contribution in [1.29, 1.82) is 0 Å². The summed E-state index contributed by atoms with van der Waals surface area (Å²) in [5.74, 6) is 0.496. The minimum Gasteiger partial charge on any atom is -0.483 e. The summed E-state index contributed by atoms with van der Waals surface area (Å²) in [7, 11) is 0. The predicted octanol–water partition coefficient (Wildman–Crippen LogP) is 3.33. The first kappa shape index (κ1) is 19.4. The van der Waals surface area contributed by atoms with Crippen LogP contribution in [-0.4, -0.2) is 30.8 Å². The van der Waals surface area contributed by atoms with Gasteiger partial charge in [-0.25, -0.2) is 0 Å².